The lowest BCUT2D eigenvalue weighted by molar-refractivity contribution is 0.123. The average molecular weight is 179 g/mol. The molecule has 0 heterocycles. The van der Waals surface area contributed by atoms with Crippen LogP contribution in [0.2, 0.25) is 0 Å². The topological polar surface area (TPSA) is 90.5 Å². The maximum Gasteiger partial charge on any atom is 0.469 e. The number of phosphoric acid groups is 1. The van der Waals surface area contributed by atoms with Gasteiger partial charge in [-0.15, -0.1) is 0 Å². The third kappa shape index (κ3) is 4.93. The van der Waals surface area contributed by atoms with Crippen LogP contribution < -0.4 is 0 Å². The van der Waals surface area contributed by atoms with Crippen LogP contribution in [-0.2, 0) is 9.09 Å². The molecule has 0 saturated carbocycles. The molecule has 0 amide bonds. The monoisotopic (exact) mass is 179 g/mol. The molecule has 64 valence electrons. The Bertz CT molecular complexity index is 205. The standard InChI is InChI=1S/C5H10NO4P/c1-4(3-6)5(2)10-11(7,8)9/h4-5H,1-2H3,(H2,7,8,9). The van der Waals surface area contributed by atoms with Crippen molar-refractivity contribution in [1.82, 2.24) is 0 Å². The van der Waals surface area contributed by atoms with Crippen molar-refractivity contribution in [2.24, 2.45) is 5.92 Å². The van der Waals surface area contributed by atoms with Crippen molar-refractivity contribution in [1.29, 1.82) is 5.26 Å². The van der Waals surface area contributed by atoms with E-state index >= 15 is 0 Å². The quantitative estimate of drug-likeness (QED) is 0.620. The van der Waals surface area contributed by atoms with Crippen molar-refractivity contribution < 1.29 is 18.9 Å². The van der Waals surface area contributed by atoms with Gasteiger partial charge < -0.3 is 9.79 Å². The molecule has 0 aliphatic heterocycles. The van der Waals surface area contributed by atoms with E-state index < -0.39 is 19.8 Å². The van der Waals surface area contributed by atoms with Crippen molar-refractivity contribution in [3.8, 4) is 6.07 Å². The Balaban J connectivity index is 4.00. The van der Waals surface area contributed by atoms with E-state index in [9.17, 15) is 4.57 Å². The van der Waals surface area contributed by atoms with Crippen LogP contribution in [-0.4, -0.2) is 15.9 Å². The summed E-state index contributed by atoms with van der Waals surface area (Å²) in [4.78, 5) is 16.6. The largest absolute Gasteiger partial charge is 0.469 e. The van der Waals surface area contributed by atoms with Crippen LogP contribution in [0.4, 0.5) is 0 Å². The fourth-order valence-electron chi connectivity index (χ4n) is 0.413. The molecule has 0 rings (SSSR count). The zero-order valence-corrected chi connectivity index (χ0v) is 7.15. The van der Waals surface area contributed by atoms with Gasteiger partial charge in [0.1, 0.15) is 0 Å². The van der Waals surface area contributed by atoms with E-state index in [-0.39, 0.29) is 0 Å². The van der Waals surface area contributed by atoms with Gasteiger partial charge in [0.05, 0.1) is 18.1 Å². The first kappa shape index (κ1) is 10.6. The van der Waals surface area contributed by atoms with Gasteiger partial charge in [-0.1, -0.05) is 0 Å². The molecule has 0 radical (unpaired) electrons. The first-order valence-electron chi connectivity index (χ1n) is 3.00. The molecule has 0 aliphatic carbocycles. The summed E-state index contributed by atoms with van der Waals surface area (Å²) in [5.41, 5.74) is 0. The third-order valence-electron chi connectivity index (χ3n) is 1.21. The Labute approximate surface area is 64.8 Å². The molecule has 2 N–H and O–H groups in total. The van der Waals surface area contributed by atoms with E-state index in [1.54, 1.807) is 0 Å². The molecule has 0 bridgehead atoms. The van der Waals surface area contributed by atoms with Crippen LogP contribution in [0.3, 0.4) is 0 Å². The summed E-state index contributed by atoms with van der Waals surface area (Å²) in [5, 5.41) is 8.32. The van der Waals surface area contributed by atoms with Gasteiger partial charge in [0.15, 0.2) is 0 Å². The summed E-state index contributed by atoms with van der Waals surface area (Å²) in [5.74, 6) is -0.525. The summed E-state index contributed by atoms with van der Waals surface area (Å²) >= 11 is 0. The minimum Gasteiger partial charge on any atom is -0.303 e. The van der Waals surface area contributed by atoms with Crippen LogP contribution >= 0.6 is 7.82 Å². The Morgan fingerprint density at radius 2 is 2.00 bits per heavy atom. The van der Waals surface area contributed by atoms with E-state index in [0.717, 1.165) is 0 Å². The predicted octanol–water partition coefficient (Wildman–Crippen LogP) is 0.644. The molecule has 2 atom stereocenters. The van der Waals surface area contributed by atoms with Crippen molar-refractivity contribution >= 4 is 7.82 Å². The van der Waals surface area contributed by atoms with Gasteiger partial charge >= 0.3 is 7.82 Å². The summed E-state index contributed by atoms with van der Waals surface area (Å²) in [6.45, 7) is 2.97. The summed E-state index contributed by atoms with van der Waals surface area (Å²) in [6, 6.07) is 1.82. The second kappa shape index (κ2) is 3.84. The number of rotatable bonds is 3. The van der Waals surface area contributed by atoms with Crippen LogP contribution in [0.5, 0.6) is 0 Å². The van der Waals surface area contributed by atoms with Crippen molar-refractivity contribution in [2.75, 3.05) is 0 Å². The molecule has 2 unspecified atom stereocenters. The van der Waals surface area contributed by atoms with Gasteiger partial charge in [-0.2, -0.15) is 5.26 Å². The van der Waals surface area contributed by atoms with Crippen molar-refractivity contribution in [3.63, 3.8) is 0 Å². The van der Waals surface area contributed by atoms with Gasteiger partial charge in [0, 0.05) is 0 Å². The van der Waals surface area contributed by atoms with Crippen LogP contribution in [0.1, 0.15) is 13.8 Å². The Hall–Kier alpha value is -0.400. The fraction of sp³-hybridized carbons (Fsp3) is 0.800. The fourth-order valence-corrected chi connectivity index (χ4v) is 1.03. The minimum atomic E-state index is -4.44. The molecule has 11 heavy (non-hydrogen) atoms. The molecular weight excluding hydrogens is 169 g/mol. The Morgan fingerprint density at radius 1 is 1.55 bits per heavy atom. The second-order valence-electron chi connectivity index (χ2n) is 2.22. The molecular formula is C5H10NO4P. The first-order chi connectivity index (χ1) is 4.87. The van der Waals surface area contributed by atoms with Crippen LogP contribution in [0, 0.1) is 17.2 Å². The van der Waals surface area contributed by atoms with Gasteiger partial charge in [0.2, 0.25) is 0 Å². The molecule has 0 saturated heterocycles. The van der Waals surface area contributed by atoms with E-state index in [4.69, 9.17) is 15.0 Å². The molecule has 6 heteroatoms. The van der Waals surface area contributed by atoms with E-state index in [1.807, 2.05) is 6.07 Å². The smallest absolute Gasteiger partial charge is 0.303 e. The number of phosphoric ester groups is 1. The average Bonchev–Trinajstić information content (AvgIpc) is 1.82. The molecule has 0 spiro atoms. The van der Waals surface area contributed by atoms with Crippen molar-refractivity contribution in [3.05, 3.63) is 0 Å². The third-order valence-corrected chi connectivity index (χ3v) is 1.82. The highest BCUT2D eigenvalue weighted by molar-refractivity contribution is 7.46. The Morgan fingerprint density at radius 3 is 2.27 bits per heavy atom. The first-order valence-corrected chi connectivity index (χ1v) is 4.53. The lowest BCUT2D eigenvalue weighted by atomic mass is 10.1. The Kier molecular flexibility index (Phi) is 3.70. The zero-order valence-electron chi connectivity index (χ0n) is 6.26. The lowest BCUT2D eigenvalue weighted by Crippen LogP contribution is -2.14. The molecule has 0 aliphatic rings. The molecule has 0 fully saturated rings. The van der Waals surface area contributed by atoms with Crippen molar-refractivity contribution in [2.45, 2.75) is 20.0 Å². The molecule has 0 aromatic heterocycles. The van der Waals surface area contributed by atoms with Gasteiger partial charge in [-0.25, -0.2) is 4.57 Å². The lowest BCUT2D eigenvalue weighted by Gasteiger charge is -2.14. The normalized spacial score (nSPS) is 17.0. The highest BCUT2D eigenvalue weighted by Gasteiger charge is 2.22. The summed E-state index contributed by atoms with van der Waals surface area (Å²) in [7, 11) is -4.44. The summed E-state index contributed by atoms with van der Waals surface area (Å²) in [6.07, 6.45) is -0.749. The summed E-state index contributed by atoms with van der Waals surface area (Å²) < 4.78 is 14.5. The van der Waals surface area contributed by atoms with E-state index in [1.165, 1.54) is 13.8 Å². The van der Waals surface area contributed by atoms with Gasteiger partial charge in [-0.05, 0) is 13.8 Å². The number of nitrogens with zero attached hydrogens (tertiary/aromatic N) is 1. The molecule has 0 aromatic rings. The zero-order chi connectivity index (χ0) is 9.07. The highest BCUT2D eigenvalue weighted by Crippen LogP contribution is 2.38. The van der Waals surface area contributed by atoms with Gasteiger partial charge in [-0.3, -0.25) is 4.52 Å². The van der Waals surface area contributed by atoms with E-state index in [0.29, 0.717) is 0 Å². The molecule has 0 aromatic carbocycles. The van der Waals surface area contributed by atoms with E-state index in [2.05, 4.69) is 4.52 Å². The number of hydrogen-bond acceptors (Lipinski definition) is 3. The minimum absolute atomic E-state index is 0.525. The highest BCUT2D eigenvalue weighted by atomic mass is 31.2. The molecule has 5 nitrogen and oxygen atoms in total. The van der Waals surface area contributed by atoms with Crippen LogP contribution in [0.15, 0.2) is 0 Å². The number of hydrogen-bond donors (Lipinski definition) is 2. The second-order valence-corrected chi connectivity index (χ2v) is 3.41. The van der Waals surface area contributed by atoms with Gasteiger partial charge in [0.25, 0.3) is 0 Å². The predicted molar refractivity (Wildman–Crippen MR) is 37.4 cm³/mol. The SMILES string of the molecule is CC(C#N)C(C)OP(=O)(O)O. The number of nitriles is 1. The maximum atomic E-state index is 10.2. The maximum absolute atomic E-state index is 10.2. The van der Waals surface area contributed by atoms with Crippen LogP contribution in [0.25, 0.3) is 0 Å².